The van der Waals surface area contributed by atoms with Crippen LogP contribution in [0.5, 0.6) is 34.5 Å². The average molecular weight is 1020 g/mol. The highest BCUT2D eigenvalue weighted by atomic mass is 16.5. The Labute approximate surface area is 449 Å². The van der Waals surface area contributed by atoms with Crippen LogP contribution >= 0.6 is 0 Å². The fourth-order valence-corrected chi connectivity index (χ4v) is 8.73. The highest BCUT2D eigenvalue weighted by molar-refractivity contribution is 5.70. The van der Waals surface area contributed by atoms with Crippen molar-refractivity contribution in [2.45, 2.75) is 234 Å². The summed E-state index contributed by atoms with van der Waals surface area (Å²) in [6.07, 6.45) is 34.4. The van der Waals surface area contributed by atoms with Gasteiger partial charge in [0.2, 0.25) is 23.4 Å². The maximum absolute atomic E-state index is 6.62. The van der Waals surface area contributed by atoms with Gasteiger partial charge in [-0.25, -0.2) is 0 Å². The van der Waals surface area contributed by atoms with Gasteiger partial charge in [-0.05, 0) is 44.6 Å². The molecule has 4 rings (SSSR count). The van der Waals surface area contributed by atoms with Crippen molar-refractivity contribution in [3.8, 4) is 45.9 Å². The number of nitrogens with one attached hydrogen (secondary N) is 2. The van der Waals surface area contributed by atoms with Crippen molar-refractivity contribution in [3.05, 3.63) is 54.6 Å². The molecular formula is C63H100N5O6. The first-order valence-corrected chi connectivity index (χ1v) is 29.9. The molecule has 4 aromatic rings. The minimum atomic E-state index is 0.362. The monoisotopic (exact) mass is 1020 g/mol. The molecule has 0 amide bonds. The second-order valence-electron chi connectivity index (χ2n) is 20.0. The molecule has 0 atom stereocenters. The first-order chi connectivity index (χ1) is 36.5. The summed E-state index contributed by atoms with van der Waals surface area (Å²) in [6.45, 7) is 17.0. The SMILES string of the molecule is CCCCCCCOc1cc(Nc2nc(Nc3cc(OCCCCCCC)c(OCCCCCCC)c(OCCCCCCC)c3)nc(-c3cc[c]cc3)n2)cc(OCCCCCCC)c1OCCCCCCC. The Kier molecular flexibility index (Phi) is 33.6. The Balaban J connectivity index is 1.75. The number of aromatic nitrogens is 3. The molecule has 11 heteroatoms. The predicted octanol–water partition coefficient (Wildman–Crippen LogP) is 18.9. The van der Waals surface area contributed by atoms with E-state index in [2.05, 4.69) is 58.2 Å². The first-order valence-electron chi connectivity index (χ1n) is 29.9. The molecule has 0 saturated heterocycles. The number of unbranched alkanes of at least 4 members (excludes halogenated alkanes) is 24. The molecule has 11 nitrogen and oxygen atoms in total. The standard InChI is InChI=1S/C63H100N5O6/c1-7-13-19-25-34-42-69-55-48-53(49-56(70-43-35-26-20-14-8-2)59(55)73-46-38-29-23-17-11-5)64-62-66-61(52-40-32-31-33-41-52)67-63(68-62)65-54-50-57(71-44-36-27-21-15-9-3)60(74-47-39-30-24-18-12-6)58(51-54)72-45-37-28-22-16-10-4/h32-33,40-41,48-51H,7-30,34-39,42-47H2,1-6H3,(H2,64,65,66,67,68). The van der Waals surface area contributed by atoms with Crippen LogP contribution < -0.4 is 39.1 Å². The van der Waals surface area contributed by atoms with E-state index in [-0.39, 0.29) is 0 Å². The smallest absolute Gasteiger partial charge is 0.232 e. The van der Waals surface area contributed by atoms with Crippen molar-refractivity contribution in [2.75, 3.05) is 50.3 Å². The highest BCUT2D eigenvalue weighted by Gasteiger charge is 2.20. The molecule has 1 radical (unpaired) electrons. The summed E-state index contributed by atoms with van der Waals surface area (Å²) >= 11 is 0. The van der Waals surface area contributed by atoms with Crippen molar-refractivity contribution >= 4 is 23.3 Å². The largest absolute Gasteiger partial charge is 0.489 e. The molecule has 0 fully saturated rings. The topological polar surface area (TPSA) is 118 Å². The van der Waals surface area contributed by atoms with E-state index in [4.69, 9.17) is 43.4 Å². The minimum absolute atomic E-state index is 0.362. The van der Waals surface area contributed by atoms with E-state index < -0.39 is 0 Å². The molecule has 0 spiro atoms. The van der Waals surface area contributed by atoms with Gasteiger partial charge in [0.15, 0.2) is 28.8 Å². The van der Waals surface area contributed by atoms with Gasteiger partial charge >= 0.3 is 0 Å². The van der Waals surface area contributed by atoms with Gasteiger partial charge in [0.25, 0.3) is 0 Å². The lowest BCUT2D eigenvalue weighted by Crippen LogP contribution is -2.09. The second-order valence-corrected chi connectivity index (χ2v) is 20.0. The summed E-state index contributed by atoms with van der Waals surface area (Å²) in [5.74, 6) is 5.18. The zero-order valence-corrected chi connectivity index (χ0v) is 47.4. The molecule has 2 N–H and O–H groups in total. The number of anilines is 4. The average Bonchev–Trinajstić information content (AvgIpc) is 3.41. The second kappa shape index (κ2) is 40.4. The van der Waals surface area contributed by atoms with Gasteiger partial charge in [0.1, 0.15) is 0 Å². The molecule has 1 heterocycles. The molecule has 0 aliphatic heterocycles. The van der Waals surface area contributed by atoms with Gasteiger partial charge in [0, 0.05) is 41.2 Å². The molecule has 0 saturated carbocycles. The van der Waals surface area contributed by atoms with Gasteiger partial charge in [0.05, 0.1) is 39.6 Å². The third-order valence-electron chi connectivity index (χ3n) is 13.2. The highest BCUT2D eigenvalue weighted by Crippen LogP contribution is 2.44. The van der Waals surface area contributed by atoms with Crippen molar-refractivity contribution in [1.29, 1.82) is 0 Å². The van der Waals surface area contributed by atoms with Gasteiger partial charge < -0.3 is 39.1 Å². The van der Waals surface area contributed by atoms with Crippen LogP contribution in [0.3, 0.4) is 0 Å². The van der Waals surface area contributed by atoms with Gasteiger partial charge in [-0.1, -0.05) is 220 Å². The first kappa shape index (κ1) is 61.6. The number of nitrogens with zero attached hydrogens (tertiary/aromatic N) is 3. The Hall–Kier alpha value is -4.93. The molecule has 413 valence electrons. The summed E-state index contributed by atoms with van der Waals surface area (Å²) in [4.78, 5) is 15.0. The van der Waals surface area contributed by atoms with E-state index >= 15 is 0 Å². The molecule has 0 aliphatic rings. The fraction of sp³-hybridized carbons (Fsp3) is 0.667. The van der Waals surface area contributed by atoms with Crippen molar-refractivity contribution < 1.29 is 28.4 Å². The van der Waals surface area contributed by atoms with Crippen LogP contribution in [-0.2, 0) is 0 Å². The normalized spacial score (nSPS) is 11.2. The molecule has 0 unspecified atom stereocenters. The van der Waals surface area contributed by atoms with E-state index in [9.17, 15) is 0 Å². The lowest BCUT2D eigenvalue weighted by atomic mass is 10.1. The third kappa shape index (κ3) is 25.5. The van der Waals surface area contributed by atoms with Crippen molar-refractivity contribution in [3.63, 3.8) is 0 Å². The van der Waals surface area contributed by atoms with E-state index in [1.54, 1.807) is 0 Å². The molecule has 0 aliphatic carbocycles. The van der Waals surface area contributed by atoms with Crippen LogP contribution in [0.1, 0.15) is 234 Å². The van der Waals surface area contributed by atoms with Crippen molar-refractivity contribution in [1.82, 2.24) is 15.0 Å². The van der Waals surface area contributed by atoms with Crippen LogP contribution in [0.15, 0.2) is 48.5 Å². The number of benzene rings is 3. The van der Waals surface area contributed by atoms with Crippen LogP contribution in [-0.4, -0.2) is 54.6 Å². The maximum atomic E-state index is 6.62. The van der Waals surface area contributed by atoms with Crippen molar-refractivity contribution in [2.24, 2.45) is 0 Å². The minimum Gasteiger partial charge on any atom is -0.489 e. The number of hydrogen-bond donors (Lipinski definition) is 2. The maximum Gasteiger partial charge on any atom is 0.232 e. The Morgan fingerprint density at radius 3 is 0.892 bits per heavy atom. The number of ether oxygens (including phenoxy) is 6. The quantitative estimate of drug-likeness (QED) is 0.0412. The molecule has 1 aromatic heterocycles. The summed E-state index contributed by atoms with van der Waals surface area (Å²) in [6, 6.07) is 18.8. The summed E-state index contributed by atoms with van der Waals surface area (Å²) in [5.41, 5.74) is 2.29. The van der Waals surface area contributed by atoms with E-state index in [1.807, 2.05) is 48.5 Å². The van der Waals surface area contributed by atoms with E-state index in [0.29, 0.717) is 91.9 Å². The van der Waals surface area contributed by atoms with Gasteiger partial charge in [-0.2, -0.15) is 15.0 Å². The third-order valence-corrected chi connectivity index (χ3v) is 13.2. The molecule has 74 heavy (non-hydrogen) atoms. The van der Waals surface area contributed by atoms with E-state index in [1.165, 1.54) is 116 Å². The molecular weight excluding hydrogens is 923 g/mol. The summed E-state index contributed by atoms with van der Waals surface area (Å²) in [7, 11) is 0. The number of hydrogen-bond acceptors (Lipinski definition) is 11. The van der Waals surface area contributed by atoms with Crippen LogP contribution in [0.4, 0.5) is 23.3 Å². The van der Waals surface area contributed by atoms with E-state index in [0.717, 1.165) is 94.0 Å². The fourth-order valence-electron chi connectivity index (χ4n) is 8.73. The lowest BCUT2D eigenvalue weighted by molar-refractivity contribution is 0.234. The molecule has 3 aromatic carbocycles. The lowest BCUT2D eigenvalue weighted by Gasteiger charge is -2.20. The van der Waals surface area contributed by atoms with Gasteiger partial charge in [-0.15, -0.1) is 0 Å². The summed E-state index contributed by atoms with van der Waals surface area (Å²) in [5, 5.41) is 7.10. The Bertz CT molecular complexity index is 1820. The van der Waals surface area contributed by atoms with Crippen LogP contribution in [0, 0.1) is 6.07 Å². The Morgan fingerprint density at radius 2 is 0.608 bits per heavy atom. The van der Waals surface area contributed by atoms with Gasteiger partial charge in [-0.3, -0.25) is 0 Å². The van der Waals surface area contributed by atoms with Crippen LogP contribution in [0.2, 0.25) is 0 Å². The molecule has 0 bridgehead atoms. The number of rotatable bonds is 47. The van der Waals surface area contributed by atoms with Crippen LogP contribution in [0.25, 0.3) is 11.4 Å². The Morgan fingerprint density at radius 1 is 0.338 bits per heavy atom. The summed E-state index contributed by atoms with van der Waals surface area (Å²) < 4.78 is 39.7. The predicted molar refractivity (Wildman–Crippen MR) is 309 cm³/mol. The zero-order valence-electron chi connectivity index (χ0n) is 47.4. The zero-order chi connectivity index (χ0) is 52.5.